The van der Waals surface area contributed by atoms with Crippen LogP contribution in [-0.4, -0.2) is 7.11 Å². The molecule has 0 aromatic heterocycles. The molecule has 0 aliphatic carbocycles. The maximum atomic E-state index is 5.10. The largest absolute Gasteiger partial charge is 1.00 e. The first-order valence-electron chi connectivity index (χ1n) is 3.99. The molecule has 1 aromatic rings. The number of ether oxygens (including phenoxy) is 1. The van der Waals surface area contributed by atoms with Gasteiger partial charge < -0.3 is 28.7 Å². The summed E-state index contributed by atoms with van der Waals surface area (Å²) in [4.78, 5) is 0. The van der Waals surface area contributed by atoms with E-state index in [1.54, 1.807) is 7.11 Å². The van der Waals surface area contributed by atoms with Gasteiger partial charge in [0.2, 0.25) is 0 Å². The van der Waals surface area contributed by atoms with E-state index in [1.807, 2.05) is 18.2 Å². The number of methoxy groups -OCH3 is 1. The Hall–Kier alpha value is 0.113. The molecule has 0 fully saturated rings. The van der Waals surface area contributed by atoms with Gasteiger partial charge >= 0.3 is 0 Å². The normalized spacial score (nSPS) is 8.07. The van der Waals surface area contributed by atoms with Crippen molar-refractivity contribution in [2.45, 2.75) is 12.8 Å². The van der Waals surface area contributed by atoms with Gasteiger partial charge in [0.05, 0.1) is 7.11 Å². The topological polar surface area (TPSA) is 9.23 Å². The maximum absolute atomic E-state index is 5.10. The standard InChI is InChI=1S/C11H13O.HI.Zn/c1-3-4-6-10-7-5-8-11(9-10)12-2;;/h5,7-9H,1,4,6H2,2H3;1H;/p-1. The van der Waals surface area contributed by atoms with Crippen molar-refractivity contribution in [1.82, 2.24) is 0 Å². The first-order valence-corrected chi connectivity index (χ1v) is 3.99. The Bertz CT molecular complexity index is 263. The van der Waals surface area contributed by atoms with Crippen LogP contribution in [0.3, 0.4) is 0 Å². The third-order valence-corrected chi connectivity index (χ3v) is 1.72. The summed E-state index contributed by atoms with van der Waals surface area (Å²) in [6, 6.07) is 8.07. The molecule has 0 bridgehead atoms. The molecule has 1 rings (SSSR count). The van der Waals surface area contributed by atoms with Gasteiger partial charge in [-0.3, -0.25) is 0 Å². The molecule has 0 aliphatic heterocycles. The Morgan fingerprint density at radius 1 is 1.43 bits per heavy atom. The fraction of sp³-hybridized carbons (Fsp3) is 0.273. The number of hydrogen-bond acceptors (Lipinski definition) is 1. The molecule has 14 heavy (non-hydrogen) atoms. The van der Waals surface area contributed by atoms with Gasteiger partial charge in [-0.15, -0.1) is 0 Å². The smallest absolute Gasteiger partial charge is 0.119 e. The van der Waals surface area contributed by atoms with Crippen LogP contribution in [0.5, 0.6) is 5.75 Å². The van der Waals surface area contributed by atoms with E-state index in [1.165, 1.54) is 5.56 Å². The molecule has 0 unspecified atom stereocenters. The van der Waals surface area contributed by atoms with Crippen molar-refractivity contribution < 1.29 is 48.2 Å². The van der Waals surface area contributed by atoms with E-state index >= 15 is 0 Å². The maximum Gasteiger partial charge on any atom is 0.119 e. The second-order valence-electron chi connectivity index (χ2n) is 2.60. The van der Waals surface area contributed by atoms with E-state index in [-0.39, 0.29) is 43.5 Å². The summed E-state index contributed by atoms with van der Waals surface area (Å²) in [6.45, 7) is 3.56. The number of halogens is 1. The zero-order valence-corrected chi connectivity index (χ0v) is 13.5. The fourth-order valence-corrected chi connectivity index (χ4v) is 1.06. The molecule has 0 aliphatic rings. The number of benzene rings is 1. The van der Waals surface area contributed by atoms with Crippen LogP contribution in [0.15, 0.2) is 30.8 Å². The molecule has 0 amide bonds. The first-order chi connectivity index (χ1) is 5.86. The molecule has 3 heteroatoms. The van der Waals surface area contributed by atoms with Crippen molar-refractivity contribution in [3.05, 3.63) is 42.5 Å². The molecular formula is C11H13IOZn-. The minimum atomic E-state index is 0. The van der Waals surface area contributed by atoms with Gasteiger partial charge in [0.25, 0.3) is 0 Å². The van der Waals surface area contributed by atoms with Gasteiger partial charge in [-0.1, -0.05) is 24.8 Å². The van der Waals surface area contributed by atoms with Crippen LogP contribution in [0.25, 0.3) is 0 Å². The van der Waals surface area contributed by atoms with Gasteiger partial charge in [-0.25, -0.2) is 0 Å². The molecule has 73 valence electrons. The van der Waals surface area contributed by atoms with Crippen LogP contribution in [-0.2, 0) is 25.9 Å². The van der Waals surface area contributed by atoms with Crippen LogP contribution in [0, 0.1) is 6.08 Å². The van der Waals surface area contributed by atoms with Gasteiger partial charge in [-0.05, 0) is 30.5 Å². The molecule has 1 nitrogen and oxygen atoms in total. The number of hydrogen-bond donors (Lipinski definition) is 0. The van der Waals surface area contributed by atoms with Crippen LogP contribution in [0.2, 0.25) is 0 Å². The fourth-order valence-electron chi connectivity index (χ4n) is 1.06. The molecular weight excluding hydrogens is 340 g/mol. The molecule has 1 radical (unpaired) electrons. The van der Waals surface area contributed by atoms with Gasteiger partial charge in [0, 0.05) is 19.5 Å². The number of allylic oxidation sites excluding steroid dienone is 1. The summed E-state index contributed by atoms with van der Waals surface area (Å²) in [6.07, 6.45) is 4.75. The molecule has 1 aromatic carbocycles. The quantitative estimate of drug-likeness (QED) is 0.530. The van der Waals surface area contributed by atoms with Crippen LogP contribution in [0.4, 0.5) is 0 Å². The number of rotatable bonds is 4. The van der Waals surface area contributed by atoms with E-state index in [0.29, 0.717) is 0 Å². The van der Waals surface area contributed by atoms with Gasteiger partial charge in [-0.2, -0.15) is 0 Å². The third kappa shape index (κ3) is 5.76. The van der Waals surface area contributed by atoms with Crippen LogP contribution >= 0.6 is 0 Å². The van der Waals surface area contributed by atoms with Crippen molar-refractivity contribution in [3.8, 4) is 5.75 Å². The van der Waals surface area contributed by atoms with E-state index < -0.39 is 0 Å². The molecule has 0 N–H and O–H groups in total. The van der Waals surface area contributed by atoms with Crippen molar-refractivity contribution in [2.75, 3.05) is 7.11 Å². The second kappa shape index (κ2) is 9.66. The molecule has 0 heterocycles. The predicted octanol–water partition coefficient (Wildman–Crippen LogP) is -0.382. The Balaban J connectivity index is 0. The van der Waals surface area contributed by atoms with Crippen LogP contribution < -0.4 is 28.7 Å². The van der Waals surface area contributed by atoms with Crippen molar-refractivity contribution in [3.63, 3.8) is 0 Å². The zero-order valence-electron chi connectivity index (χ0n) is 8.42. The zero-order chi connectivity index (χ0) is 8.81. The summed E-state index contributed by atoms with van der Waals surface area (Å²) in [5, 5.41) is 0. The molecule has 0 spiro atoms. The monoisotopic (exact) mass is 352 g/mol. The second-order valence-corrected chi connectivity index (χ2v) is 2.60. The first kappa shape index (κ1) is 16.5. The minimum absolute atomic E-state index is 0. The van der Waals surface area contributed by atoms with Gasteiger partial charge in [0.15, 0.2) is 0 Å². The summed E-state index contributed by atoms with van der Waals surface area (Å²) >= 11 is 0. The summed E-state index contributed by atoms with van der Waals surface area (Å²) in [5.41, 5.74) is 1.27. The van der Waals surface area contributed by atoms with E-state index in [9.17, 15) is 0 Å². The van der Waals surface area contributed by atoms with Crippen molar-refractivity contribution >= 4 is 0 Å². The van der Waals surface area contributed by atoms with Gasteiger partial charge in [0.1, 0.15) is 5.75 Å². The van der Waals surface area contributed by atoms with Crippen molar-refractivity contribution in [1.29, 1.82) is 0 Å². The summed E-state index contributed by atoms with van der Waals surface area (Å²) < 4.78 is 5.10. The molecule has 0 atom stereocenters. The molecule has 0 saturated heterocycles. The van der Waals surface area contributed by atoms with E-state index in [2.05, 4.69) is 18.7 Å². The summed E-state index contributed by atoms with van der Waals surface area (Å²) in [5.74, 6) is 0.913. The Labute approximate surface area is 116 Å². The Morgan fingerprint density at radius 3 is 2.71 bits per heavy atom. The average molecular weight is 354 g/mol. The SMILES string of the molecule is C=[C]CCc1cccc(OC)c1.[I-].[Zn]. The van der Waals surface area contributed by atoms with Crippen LogP contribution in [0.1, 0.15) is 12.0 Å². The van der Waals surface area contributed by atoms with Crippen molar-refractivity contribution in [2.24, 2.45) is 0 Å². The molecule has 0 saturated carbocycles. The van der Waals surface area contributed by atoms with E-state index in [4.69, 9.17) is 4.74 Å². The number of aryl methyl sites for hydroxylation is 1. The Kier molecular flexibility index (Phi) is 11.4. The minimum Gasteiger partial charge on any atom is -1.00 e. The average Bonchev–Trinajstić information content (AvgIpc) is 2.15. The Morgan fingerprint density at radius 2 is 2.14 bits per heavy atom. The third-order valence-electron chi connectivity index (χ3n) is 1.72. The summed E-state index contributed by atoms with van der Waals surface area (Å²) in [7, 11) is 1.68. The predicted molar refractivity (Wildman–Crippen MR) is 50.2 cm³/mol. The van der Waals surface area contributed by atoms with E-state index in [0.717, 1.165) is 18.6 Å².